The summed E-state index contributed by atoms with van der Waals surface area (Å²) < 4.78 is 19.0. The first-order valence-electron chi connectivity index (χ1n) is 5.43. The number of carbonyl (C=O) groups excluding carboxylic acids is 2. The lowest BCUT2D eigenvalue weighted by Crippen LogP contribution is -2.12. The predicted molar refractivity (Wildman–Crippen MR) is 66.8 cm³/mol. The van der Waals surface area contributed by atoms with Gasteiger partial charge in [-0.15, -0.1) is 0 Å². The number of ether oxygens (including phenoxy) is 1. The van der Waals surface area contributed by atoms with E-state index in [1.54, 1.807) is 0 Å². The van der Waals surface area contributed by atoms with Gasteiger partial charge >= 0.3 is 0 Å². The highest BCUT2D eigenvalue weighted by Gasteiger charge is 2.14. The third kappa shape index (κ3) is 2.77. The molecule has 0 saturated heterocycles. The Kier molecular flexibility index (Phi) is 3.56. The molecule has 0 aliphatic carbocycles. The van der Waals surface area contributed by atoms with E-state index in [0.29, 0.717) is 17.6 Å². The van der Waals surface area contributed by atoms with Crippen molar-refractivity contribution >= 4 is 12.2 Å². The van der Waals surface area contributed by atoms with Crippen molar-refractivity contribution in [1.82, 2.24) is 0 Å². The molecule has 2 aromatic rings. The highest BCUT2D eigenvalue weighted by atomic mass is 19.1. The molecule has 2 aromatic carbocycles. The van der Waals surface area contributed by atoms with E-state index in [-0.39, 0.29) is 11.3 Å². The number of amides is 1. The average molecular weight is 259 g/mol. The molecule has 0 unspecified atom stereocenters. The lowest BCUT2D eigenvalue weighted by molar-refractivity contribution is 0.0997. The Morgan fingerprint density at radius 1 is 1.16 bits per heavy atom. The summed E-state index contributed by atoms with van der Waals surface area (Å²) in [7, 11) is 0. The zero-order valence-corrected chi connectivity index (χ0v) is 9.80. The molecule has 0 radical (unpaired) electrons. The first-order valence-corrected chi connectivity index (χ1v) is 5.43. The van der Waals surface area contributed by atoms with Crippen molar-refractivity contribution in [2.24, 2.45) is 5.73 Å². The molecule has 0 atom stereocenters. The van der Waals surface area contributed by atoms with Gasteiger partial charge in [-0.2, -0.15) is 0 Å². The molecule has 0 aromatic heterocycles. The number of rotatable bonds is 4. The number of benzene rings is 2. The van der Waals surface area contributed by atoms with Gasteiger partial charge in [0, 0.05) is 5.56 Å². The minimum absolute atomic E-state index is 0.0422. The fourth-order valence-corrected chi connectivity index (χ4v) is 1.54. The van der Waals surface area contributed by atoms with Crippen molar-refractivity contribution in [3.05, 3.63) is 59.4 Å². The first kappa shape index (κ1) is 12.8. The van der Waals surface area contributed by atoms with Gasteiger partial charge in [0.1, 0.15) is 12.0 Å². The number of nitrogens with two attached hydrogens (primary N) is 1. The van der Waals surface area contributed by atoms with E-state index in [9.17, 15) is 14.0 Å². The van der Waals surface area contributed by atoms with E-state index in [4.69, 9.17) is 10.5 Å². The van der Waals surface area contributed by atoms with Crippen molar-refractivity contribution in [2.45, 2.75) is 0 Å². The molecule has 0 bridgehead atoms. The summed E-state index contributed by atoms with van der Waals surface area (Å²) in [4.78, 5) is 21.7. The Morgan fingerprint density at radius 3 is 2.42 bits per heavy atom. The third-order valence-corrected chi connectivity index (χ3v) is 2.47. The van der Waals surface area contributed by atoms with Crippen LogP contribution in [0.15, 0.2) is 42.5 Å². The zero-order chi connectivity index (χ0) is 13.8. The highest BCUT2D eigenvalue weighted by Crippen LogP contribution is 2.28. The van der Waals surface area contributed by atoms with Gasteiger partial charge in [-0.25, -0.2) is 4.39 Å². The van der Waals surface area contributed by atoms with Crippen LogP contribution in [0.1, 0.15) is 20.7 Å². The number of para-hydroxylation sites is 1. The minimum Gasteiger partial charge on any atom is -0.453 e. The molecule has 4 nitrogen and oxygen atoms in total. The largest absolute Gasteiger partial charge is 0.453 e. The van der Waals surface area contributed by atoms with Crippen LogP contribution in [0, 0.1) is 5.82 Å². The van der Waals surface area contributed by atoms with Crippen LogP contribution in [0.2, 0.25) is 0 Å². The maximum atomic E-state index is 13.7. The van der Waals surface area contributed by atoms with Gasteiger partial charge in [-0.1, -0.05) is 6.07 Å². The van der Waals surface area contributed by atoms with Gasteiger partial charge in [-0.05, 0) is 36.4 Å². The smallest absolute Gasteiger partial charge is 0.252 e. The molecule has 5 heteroatoms. The maximum absolute atomic E-state index is 13.7. The lowest BCUT2D eigenvalue weighted by Gasteiger charge is -2.10. The third-order valence-electron chi connectivity index (χ3n) is 2.47. The first-order chi connectivity index (χ1) is 9.11. The summed E-state index contributed by atoms with van der Waals surface area (Å²) in [6, 6.07) is 9.96. The van der Waals surface area contributed by atoms with E-state index in [2.05, 4.69) is 0 Å². The minimum atomic E-state index is -0.779. The fraction of sp³-hybridized carbons (Fsp3) is 0. The maximum Gasteiger partial charge on any atom is 0.252 e. The van der Waals surface area contributed by atoms with Crippen molar-refractivity contribution in [2.75, 3.05) is 0 Å². The lowest BCUT2D eigenvalue weighted by atomic mass is 10.2. The zero-order valence-electron chi connectivity index (χ0n) is 9.80. The quantitative estimate of drug-likeness (QED) is 0.858. The van der Waals surface area contributed by atoms with E-state index in [0.717, 1.165) is 0 Å². The van der Waals surface area contributed by atoms with E-state index >= 15 is 0 Å². The fourth-order valence-electron chi connectivity index (χ4n) is 1.54. The molecule has 0 spiro atoms. The predicted octanol–water partition coefficient (Wildman–Crippen LogP) is 2.53. The molecule has 1 amide bonds. The summed E-state index contributed by atoms with van der Waals surface area (Å²) in [6.07, 6.45) is 0.682. The Hall–Kier alpha value is -2.69. The van der Waals surface area contributed by atoms with Crippen LogP contribution in [-0.2, 0) is 0 Å². The van der Waals surface area contributed by atoms with Gasteiger partial charge in [0.15, 0.2) is 11.6 Å². The second-order valence-electron chi connectivity index (χ2n) is 3.77. The molecular weight excluding hydrogens is 249 g/mol. The molecule has 96 valence electrons. The van der Waals surface area contributed by atoms with Crippen molar-refractivity contribution in [3.8, 4) is 11.5 Å². The molecule has 0 heterocycles. The van der Waals surface area contributed by atoms with Crippen molar-refractivity contribution < 1.29 is 18.7 Å². The van der Waals surface area contributed by atoms with Crippen LogP contribution in [0.3, 0.4) is 0 Å². The number of primary amides is 1. The van der Waals surface area contributed by atoms with Crippen molar-refractivity contribution in [1.29, 1.82) is 0 Å². The monoisotopic (exact) mass is 259 g/mol. The van der Waals surface area contributed by atoms with E-state index < -0.39 is 11.7 Å². The average Bonchev–Trinajstić information content (AvgIpc) is 2.41. The SMILES string of the molecule is NC(=O)c1cccc(F)c1Oc1ccc(C=O)cc1. The van der Waals surface area contributed by atoms with Crippen LogP contribution in [-0.4, -0.2) is 12.2 Å². The molecular formula is C14H10FNO3. The summed E-state index contributed by atoms with van der Waals surface area (Å²) >= 11 is 0. The van der Waals surface area contributed by atoms with Gasteiger partial charge in [0.25, 0.3) is 5.91 Å². The summed E-state index contributed by atoms with van der Waals surface area (Å²) in [5.74, 6) is -1.39. The number of carbonyl (C=O) groups is 2. The topological polar surface area (TPSA) is 69.4 Å². The van der Waals surface area contributed by atoms with E-state index in [1.165, 1.54) is 42.5 Å². The molecule has 2 N–H and O–H groups in total. The molecule has 0 aliphatic heterocycles. The summed E-state index contributed by atoms with van der Waals surface area (Å²) in [5.41, 5.74) is 5.58. The number of aldehydes is 1. The Balaban J connectivity index is 2.36. The van der Waals surface area contributed by atoms with E-state index in [1.807, 2.05) is 0 Å². The molecule has 19 heavy (non-hydrogen) atoms. The van der Waals surface area contributed by atoms with Crippen LogP contribution in [0.4, 0.5) is 4.39 Å². The summed E-state index contributed by atoms with van der Waals surface area (Å²) in [5, 5.41) is 0. The van der Waals surface area contributed by atoms with Crippen LogP contribution in [0.25, 0.3) is 0 Å². The van der Waals surface area contributed by atoms with Gasteiger partial charge in [0.05, 0.1) is 5.56 Å². The Labute approximate surface area is 108 Å². The molecule has 0 saturated carbocycles. The number of hydrogen-bond acceptors (Lipinski definition) is 3. The second-order valence-corrected chi connectivity index (χ2v) is 3.77. The van der Waals surface area contributed by atoms with Gasteiger partial charge < -0.3 is 10.5 Å². The highest BCUT2D eigenvalue weighted by molar-refractivity contribution is 5.95. The number of halogens is 1. The Morgan fingerprint density at radius 2 is 1.84 bits per heavy atom. The molecule has 0 fully saturated rings. The Bertz CT molecular complexity index is 623. The van der Waals surface area contributed by atoms with Crippen LogP contribution >= 0.6 is 0 Å². The van der Waals surface area contributed by atoms with Crippen molar-refractivity contribution in [3.63, 3.8) is 0 Å². The molecule has 2 rings (SSSR count). The van der Waals surface area contributed by atoms with Crippen LogP contribution < -0.4 is 10.5 Å². The standard InChI is InChI=1S/C14H10FNO3/c15-12-3-1-2-11(14(16)18)13(12)19-10-6-4-9(8-17)5-7-10/h1-8H,(H2,16,18). The molecule has 0 aliphatic rings. The van der Waals surface area contributed by atoms with Crippen LogP contribution in [0.5, 0.6) is 11.5 Å². The summed E-state index contributed by atoms with van der Waals surface area (Å²) in [6.45, 7) is 0. The second kappa shape index (κ2) is 5.30. The number of hydrogen-bond donors (Lipinski definition) is 1. The van der Waals surface area contributed by atoms with Gasteiger partial charge in [-0.3, -0.25) is 9.59 Å². The normalized spacial score (nSPS) is 9.95. The van der Waals surface area contributed by atoms with Gasteiger partial charge in [0.2, 0.25) is 0 Å².